The van der Waals surface area contributed by atoms with Gasteiger partial charge in [0.05, 0.1) is 0 Å². The Morgan fingerprint density at radius 1 is 1.75 bits per heavy atom. The lowest BCUT2D eigenvalue weighted by atomic mass is 10.3. The molecule has 0 saturated carbocycles. The highest BCUT2D eigenvalue weighted by Crippen LogP contribution is 2.17. The fraction of sp³-hybridized carbons (Fsp3) is 0.600. The minimum atomic E-state index is 0.910. The fourth-order valence-corrected chi connectivity index (χ4v) is 0.802. The van der Waals surface area contributed by atoms with Gasteiger partial charge in [-0.25, -0.2) is 0 Å². The number of hydrogen-bond acceptors (Lipinski definition) is 1. The molecule has 3 heteroatoms. The summed E-state index contributed by atoms with van der Waals surface area (Å²) >= 11 is 0. The average molecular weight is 109 g/mol. The van der Waals surface area contributed by atoms with Crippen molar-refractivity contribution >= 4 is 0 Å². The van der Waals surface area contributed by atoms with E-state index in [4.69, 9.17) is 5.53 Å². The summed E-state index contributed by atoms with van der Waals surface area (Å²) in [6.45, 7) is 0. The van der Waals surface area contributed by atoms with Crippen LogP contribution in [0.5, 0.6) is 0 Å². The van der Waals surface area contributed by atoms with Crippen LogP contribution in [0.2, 0.25) is 0 Å². The van der Waals surface area contributed by atoms with Gasteiger partial charge in [-0.1, -0.05) is 11.2 Å². The van der Waals surface area contributed by atoms with Crippen LogP contribution < -0.4 is 0 Å². The van der Waals surface area contributed by atoms with Gasteiger partial charge in [0.2, 0.25) is 0 Å². The third-order valence-corrected chi connectivity index (χ3v) is 1.19. The topological polar surface area (TPSA) is 48.8 Å². The lowest BCUT2D eigenvalue weighted by Gasteiger charge is -1.81. The molecule has 42 valence electrons. The maximum absolute atomic E-state index is 7.94. The van der Waals surface area contributed by atoms with Gasteiger partial charge in [0.15, 0.2) is 0 Å². The molecular formula is C5H7N3. The average Bonchev–Trinajstić information content (AvgIpc) is 2.19. The SMILES string of the molecule is [N-]=[N+]=NC1=CCCC1. The van der Waals surface area contributed by atoms with Gasteiger partial charge in [0.25, 0.3) is 0 Å². The summed E-state index contributed by atoms with van der Waals surface area (Å²) in [7, 11) is 0. The third kappa shape index (κ3) is 1.01. The Morgan fingerprint density at radius 2 is 2.62 bits per heavy atom. The largest absolute Gasteiger partial charge is 0.0790 e. The highest BCUT2D eigenvalue weighted by molar-refractivity contribution is 5.05. The van der Waals surface area contributed by atoms with E-state index in [2.05, 4.69) is 10.0 Å². The Balaban J connectivity index is 2.57. The Hall–Kier alpha value is -0.950. The molecule has 0 N–H and O–H groups in total. The van der Waals surface area contributed by atoms with Gasteiger partial charge in [0, 0.05) is 10.6 Å². The first kappa shape index (κ1) is 5.19. The van der Waals surface area contributed by atoms with E-state index in [0.717, 1.165) is 25.0 Å². The maximum atomic E-state index is 7.94. The van der Waals surface area contributed by atoms with Crippen LogP contribution in [0.15, 0.2) is 16.9 Å². The van der Waals surface area contributed by atoms with E-state index >= 15 is 0 Å². The predicted molar refractivity (Wildman–Crippen MR) is 31.1 cm³/mol. The molecule has 0 aromatic heterocycles. The van der Waals surface area contributed by atoms with Crippen LogP contribution in [0.25, 0.3) is 10.4 Å². The summed E-state index contributed by atoms with van der Waals surface area (Å²) in [6, 6.07) is 0. The van der Waals surface area contributed by atoms with Crippen molar-refractivity contribution in [3.05, 3.63) is 22.2 Å². The van der Waals surface area contributed by atoms with E-state index in [-0.39, 0.29) is 0 Å². The minimum absolute atomic E-state index is 0.910. The van der Waals surface area contributed by atoms with Gasteiger partial charge >= 0.3 is 0 Å². The van der Waals surface area contributed by atoms with Crippen LogP contribution in [0.1, 0.15) is 19.3 Å². The molecule has 1 aliphatic carbocycles. The molecule has 0 atom stereocenters. The molecule has 0 heterocycles. The Bertz CT molecular complexity index is 153. The summed E-state index contributed by atoms with van der Waals surface area (Å²) in [4.78, 5) is 2.67. The first-order chi connectivity index (χ1) is 3.93. The summed E-state index contributed by atoms with van der Waals surface area (Å²) in [5, 5.41) is 3.47. The van der Waals surface area contributed by atoms with Crippen molar-refractivity contribution in [1.29, 1.82) is 0 Å². The second kappa shape index (κ2) is 2.38. The molecule has 1 rings (SSSR count). The van der Waals surface area contributed by atoms with E-state index in [1.807, 2.05) is 6.08 Å². The van der Waals surface area contributed by atoms with E-state index < -0.39 is 0 Å². The Morgan fingerprint density at radius 3 is 3.12 bits per heavy atom. The van der Waals surface area contributed by atoms with Gasteiger partial charge in [-0.15, -0.1) is 0 Å². The van der Waals surface area contributed by atoms with Crippen LogP contribution in [0, 0.1) is 0 Å². The third-order valence-electron chi connectivity index (χ3n) is 1.19. The molecule has 0 amide bonds. The summed E-state index contributed by atoms with van der Waals surface area (Å²) < 4.78 is 0. The fourth-order valence-electron chi connectivity index (χ4n) is 0.802. The Kier molecular flexibility index (Phi) is 1.55. The number of allylic oxidation sites excluding steroid dienone is 2. The standard InChI is InChI=1S/C5H7N3/c6-8-7-5-3-1-2-4-5/h3H,1-2,4H2. The molecule has 3 nitrogen and oxygen atoms in total. The van der Waals surface area contributed by atoms with Crippen molar-refractivity contribution in [2.45, 2.75) is 19.3 Å². The molecule has 0 aromatic carbocycles. The zero-order chi connectivity index (χ0) is 5.82. The highest BCUT2D eigenvalue weighted by Gasteiger charge is 1.99. The smallest absolute Gasteiger partial charge is 0.0111 e. The first-order valence-electron chi connectivity index (χ1n) is 2.67. The number of nitrogens with zero attached hydrogens (tertiary/aromatic N) is 3. The molecule has 0 bridgehead atoms. The van der Waals surface area contributed by atoms with Gasteiger partial charge in [-0.2, -0.15) is 0 Å². The lowest BCUT2D eigenvalue weighted by Crippen LogP contribution is -1.63. The number of rotatable bonds is 1. The van der Waals surface area contributed by atoms with Crippen molar-refractivity contribution in [2.75, 3.05) is 0 Å². The van der Waals surface area contributed by atoms with E-state index in [9.17, 15) is 0 Å². The van der Waals surface area contributed by atoms with Crippen molar-refractivity contribution in [2.24, 2.45) is 5.11 Å². The zero-order valence-electron chi connectivity index (χ0n) is 4.54. The van der Waals surface area contributed by atoms with E-state index in [0.29, 0.717) is 0 Å². The molecule has 0 unspecified atom stereocenters. The van der Waals surface area contributed by atoms with Crippen LogP contribution in [0.4, 0.5) is 0 Å². The van der Waals surface area contributed by atoms with E-state index in [1.165, 1.54) is 0 Å². The maximum Gasteiger partial charge on any atom is 0.0111 e. The molecule has 0 fully saturated rings. The van der Waals surface area contributed by atoms with Crippen molar-refractivity contribution in [3.63, 3.8) is 0 Å². The number of hydrogen-bond donors (Lipinski definition) is 0. The molecule has 0 aliphatic heterocycles. The summed E-state index contributed by atoms with van der Waals surface area (Å²) in [6.07, 6.45) is 5.17. The van der Waals surface area contributed by atoms with Crippen LogP contribution >= 0.6 is 0 Å². The predicted octanol–water partition coefficient (Wildman–Crippen LogP) is 2.36. The van der Waals surface area contributed by atoms with Crippen molar-refractivity contribution in [3.8, 4) is 0 Å². The summed E-state index contributed by atoms with van der Waals surface area (Å²) in [5.74, 6) is 0. The van der Waals surface area contributed by atoms with E-state index in [1.54, 1.807) is 0 Å². The quantitative estimate of drug-likeness (QED) is 0.282. The van der Waals surface area contributed by atoms with Gasteiger partial charge in [-0.3, -0.25) is 0 Å². The second-order valence-electron chi connectivity index (χ2n) is 1.78. The van der Waals surface area contributed by atoms with Crippen LogP contribution in [0.3, 0.4) is 0 Å². The summed E-state index contributed by atoms with van der Waals surface area (Å²) in [5.41, 5.74) is 8.85. The zero-order valence-corrected chi connectivity index (χ0v) is 4.54. The second-order valence-corrected chi connectivity index (χ2v) is 1.78. The van der Waals surface area contributed by atoms with Gasteiger partial charge in [0.1, 0.15) is 0 Å². The molecule has 8 heavy (non-hydrogen) atoms. The first-order valence-corrected chi connectivity index (χ1v) is 2.67. The van der Waals surface area contributed by atoms with Crippen molar-refractivity contribution in [1.82, 2.24) is 0 Å². The molecule has 0 saturated heterocycles. The molecule has 0 radical (unpaired) electrons. The normalized spacial score (nSPS) is 17.2. The molecular weight excluding hydrogens is 102 g/mol. The monoisotopic (exact) mass is 109 g/mol. The minimum Gasteiger partial charge on any atom is -0.0790 e. The van der Waals surface area contributed by atoms with Crippen LogP contribution in [-0.2, 0) is 0 Å². The van der Waals surface area contributed by atoms with Crippen LogP contribution in [-0.4, -0.2) is 0 Å². The molecule has 0 aromatic rings. The van der Waals surface area contributed by atoms with Crippen molar-refractivity contribution < 1.29 is 0 Å². The van der Waals surface area contributed by atoms with Gasteiger partial charge in [-0.05, 0) is 24.8 Å². The molecule has 0 spiro atoms. The number of azide groups is 1. The lowest BCUT2D eigenvalue weighted by molar-refractivity contribution is 0.898. The highest BCUT2D eigenvalue weighted by atomic mass is 15.1. The van der Waals surface area contributed by atoms with Gasteiger partial charge < -0.3 is 0 Å². The molecule has 1 aliphatic rings. The Labute approximate surface area is 47.6 Å².